The van der Waals surface area contributed by atoms with Crippen LogP contribution in [0.25, 0.3) is 0 Å². The van der Waals surface area contributed by atoms with Gasteiger partial charge >= 0.3 is 0 Å². The zero-order valence-corrected chi connectivity index (χ0v) is 15.6. The molecule has 6 heteroatoms. The summed E-state index contributed by atoms with van der Waals surface area (Å²) in [5.41, 5.74) is 0.736. The lowest BCUT2D eigenvalue weighted by Crippen LogP contribution is -2.44. The Bertz CT molecular complexity index is 713. The summed E-state index contributed by atoms with van der Waals surface area (Å²) in [6.45, 7) is 2.38. The van der Waals surface area contributed by atoms with E-state index in [4.69, 9.17) is 11.6 Å². The van der Waals surface area contributed by atoms with Crippen LogP contribution < -0.4 is 5.32 Å². The van der Waals surface area contributed by atoms with Crippen molar-refractivity contribution in [1.29, 1.82) is 0 Å². The maximum Gasteiger partial charge on any atom is 0.220 e. The Morgan fingerprint density at radius 1 is 1.24 bits per heavy atom. The van der Waals surface area contributed by atoms with Crippen LogP contribution >= 0.6 is 22.9 Å². The predicted octanol–water partition coefficient (Wildman–Crippen LogP) is 4.25. The lowest BCUT2D eigenvalue weighted by Gasteiger charge is -2.32. The van der Waals surface area contributed by atoms with E-state index in [9.17, 15) is 9.18 Å². The van der Waals surface area contributed by atoms with E-state index in [1.54, 1.807) is 6.07 Å². The van der Waals surface area contributed by atoms with Gasteiger partial charge in [-0.2, -0.15) is 0 Å². The molecule has 0 spiro atoms. The number of carbonyl (C=O) groups excluding carboxylic acids is 1. The highest BCUT2D eigenvalue weighted by atomic mass is 35.5. The molecule has 0 saturated carbocycles. The third-order valence-corrected chi connectivity index (χ3v) is 5.82. The van der Waals surface area contributed by atoms with E-state index in [1.807, 2.05) is 24.3 Å². The largest absolute Gasteiger partial charge is 0.353 e. The minimum Gasteiger partial charge on any atom is -0.353 e. The van der Waals surface area contributed by atoms with Crippen LogP contribution in [0.2, 0.25) is 4.34 Å². The fraction of sp³-hybridized carbons (Fsp3) is 0.421. The van der Waals surface area contributed by atoms with E-state index in [-0.39, 0.29) is 17.8 Å². The molecule has 3 nitrogen and oxygen atoms in total. The minimum absolute atomic E-state index is 0.0945. The molecule has 0 unspecified atom stereocenters. The number of nitrogens with one attached hydrogen (secondary N) is 1. The van der Waals surface area contributed by atoms with Crippen molar-refractivity contribution >= 4 is 28.8 Å². The van der Waals surface area contributed by atoms with E-state index in [1.165, 1.54) is 17.4 Å². The molecule has 1 N–H and O–H groups in total. The molecule has 0 atom stereocenters. The first-order chi connectivity index (χ1) is 12.1. The number of amides is 1. The van der Waals surface area contributed by atoms with Crippen molar-refractivity contribution < 1.29 is 9.18 Å². The minimum atomic E-state index is -0.147. The monoisotopic (exact) mass is 380 g/mol. The van der Waals surface area contributed by atoms with Crippen molar-refractivity contribution in [3.8, 4) is 0 Å². The van der Waals surface area contributed by atoms with Crippen LogP contribution in [0.1, 0.15) is 29.7 Å². The summed E-state index contributed by atoms with van der Waals surface area (Å²) in [7, 11) is 0. The maximum atomic E-state index is 13.7. The Morgan fingerprint density at radius 2 is 2.00 bits per heavy atom. The molecule has 0 radical (unpaired) electrons. The molecule has 2 heterocycles. The summed E-state index contributed by atoms with van der Waals surface area (Å²) in [6.07, 6.45) is 3.04. The summed E-state index contributed by atoms with van der Waals surface area (Å²) in [5, 5.41) is 3.12. The molecule has 1 saturated heterocycles. The predicted molar refractivity (Wildman–Crippen MR) is 100 cm³/mol. The molecular weight excluding hydrogens is 359 g/mol. The number of hydrogen-bond donors (Lipinski definition) is 1. The Morgan fingerprint density at radius 3 is 2.68 bits per heavy atom. The smallest absolute Gasteiger partial charge is 0.220 e. The first-order valence-corrected chi connectivity index (χ1v) is 9.79. The average Bonchev–Trinajstić information content (AvgIpc) is 3.02. The highest BCUT2D eigenvalue weighted by Crippen LogP contribution is 2.22. The molecule has 2 aromatic rings. The van der Waals surface area contributed by atoms with E-state index in [2.05, 4.69) is 10.2 Å². The number of thiophene rings is 1. The van der Waals surface area contributed by atoms with Crippen LogP contribution in [0, 0.1) is 5.82 Å². The number of rotatable bonds is 6. The normalized spacial score (nSPS) is 16.1. The first-order valence-electron chi connectivity index (χ1n) is 8.59. The van der Waals surface area contributed by atoms with E-state index in [0.717, 1.165) is 47.1 Å². The molecule has 134 valence electrons. The fourth-order valence-corrected chi connectivity index (χ4v) is 4.21. The molecule has 1 aromatic heterocycles. The Hall–Kier alpha value is -1.43. The lowest BCUT2D eigenvalue weighted by atomic mass is 10.0. The second-order valence-electron chi connectivity index (χ2n) is 6.42. The van der Waals surface area contributed by atoms with Crippen LogP contribution in [0.15, 0.2) is 36.4 Å². The number of halogens is 2. The van der Waals surface area contributed by atoms with Gasteiger partial charge in [-0.1, -0.05) is 29.8 Å². The van der Waals surface area contributed by atoms with Gasteiger partial charge in [0.05, 0.1) is 4.34 Å². The van der Waals surface area contributed by atoms with Crippen molar-refractivity contribution in [1.82, 2.24) is 10.2 Å². The summed E-state index contributed by atoms with van der Waals surface area (Å²) in [6, 6.07) is 11.0. The highest BCUT2D eigenvalue weighted by Gasteiger charge is 2.21. The third kappa shape index (κ3) is 5.53. The zero-order valence-electron chi connectivity index (χ0n) is 14.0. The number of carbonyl (C=O) groups is 1. The van der Waals surface area contributed by atoms with Crippen LogP contribution in [0.4, 0.5) is 4.39 Å². The second-order valence-corrected chi connectivity index (χ2v) is 8.21. The Balaban J connectivity index is 1.38. The topological polar surface area (TPSA) is 32.3 Å². The van der Waals surface area contributed by atoms with Gasteiger partial charge in [-0.25, -0.2) is 4.39 Å². The van der Waals surface area contributed by atoms with Gasteiger partial charge in [0.2, 0.25) is 5.91 Å². The molecule has 0 aliphatic carbocycles. The number of likely N-dealkylation sites (tertiary alicyclic amines) is 1. The molecule has 1 aliphatic rings. The van der Waals surface area contributed by atoms with Gasteiger partial charge in [-0.3, -0.25) is 9.69 Å². The maximum absolute atomic E-state index is 13.7. The van der Waals surface area contributed by atoms with Gasteiger partial charge in [0.15, 0.2) is 0 Å². The number of benzene rings is 1. The molecule has 1 aromatic carbocycles. The van der Waals surface area contributed by atoms with Crippen molar-refractivity contribution in [2.75, 3.05) is 13.1 Å². The summed E-state index contributed by atoms with van der Waals surface area (Å²) >= 11 is 7.43. The van der Waals surface area contributed by atoms with Crippen LogP contribution in [-0.2, 0) is 17.8 Å². The van der Waals surface area contributed by atoms with Gasteiger partial charge in [0, 0.05) is 42.5 Å². The van der Waals surface area contributed by atoms with E-state index in [0.29, 0.717) is 13.0 Å². The third-order valence-electron chi connectivity index (χ3n) is 4.53. The Labute approximate surface area is 156 Å². The number of piperidine rings is 1. The van der Waals surface area contributed by atoms with Crippen molar-refractivity contribution in [2.45, 2.75) is 38.3 Å². The van der Waals surface area contributed by atoms with E-state index < -0.39 is 0 Å². The van der Waals surface area contributed by atoms with Gasteiger partial charge in [0.1, 0.15) is 5.82 Å². The first kappa shape index (κ1) is 18.4. The average molecular weight is 381 g/mol. The summed E-state index contributed by atoms with van der Waals surface area (Å²) < 4.78 is 14.5. The van der Waals surface area contributed by atoms with Gasteiger partial charge in [-0.15, -0.1) is 11.3 Å². The van der Waals surface area contributed by atoms with Crippen LogP contribution in [0.3, 0.4) is 0 Å². The molecule has 1 fully saturated rings. The quantitative estimate of drug-likeness (QED) is 0.812. The summed E-state index contributed by atoms with van der Waals surface area (Å²) in [5.74, 6) is -0.0521. The molecule has 0 bridgehead atoms. The highest BCUT2D eigenvalue weighted by molar-refractivity contribution is 7.16. The SMILES string of the molecule is O=C(CCc1ccc(Cl)s1)NC1CCN(Cc2ccccc2F)CC1. The van der Waals surface area contributed by atoms with Crippen molar-refractivity contribution in [2.24, 2.45) is 0 Å². The van der Waals surface area contributed by atoms with Gasteiger partial charge in [0.25, 0.3) is 0 Å². The van der Waals surface area contributed by atoms with Crippen molar-refractivity contribution in [3.05, 3.63) is 57.0 Å². The Kier molecular flexibility index (Phi) is 6.45. The molecular formula is C19H22ClFN2OS. The van der Waals surface area contributed by atoms with E-state index >= 15 is 0 Å². The van der Waals surface area contributed by atoms with Gasteiger partial charge < -0.3 is 5.32 Å². The number of nitrogens with zero attached hydrogens (tertiary/aromatic N) is 1. The lowest BCUT2D eigenvalue weighted by molar-refractivity contribution is -0.122. The standard InChI is InChI=1S/C19H22ClFN2OS/c20-18-7-5-16(25-18)6-8-19(24)22-15-9-11-23(12-10-15)13-14-3-1-2-4-17(14)21/h1-5,7,15H,6,8-13H2,(H,22,24). The van der Waals surface area contributed by atoms with Crippen LogP contribution in [0.5, 0.6) is 0 Å². The number of aryl methyl sites for hydroxylation is 1. The van der Waals surface area contributed by atoms with Crippen LogP contribution in [-0.4, -0.2) is 29.9 Å². The molecule has 1 amide bonds. The van der Waals surface area contributed by atoms with Gasteiger partial charge in [-0.05, 0) is 37.5 Å². The molecule has 3 rings (SSSR count). The zero-order chi connectivity index (χ0) is 17.6. The summed E-state index contributed by atoms with van der Waals surface area (Å²) in [4.78, 5) is 15.5. The fourth-order valence-electron chi connectivity index (χ4n) is 3.13. The molecule has 25 heavy (non-hydrogen) atoms. The number of hydrogen-bond acceptors (Lipinski definition) is 3. The molecule has 1 aliphatic heterocycles. The van der Waals surface area contributed by atoms with Crippen molar-refractivity contribution in [3.63, 3.8) is 0 Å². The second kappa shape index (κ2) is 8.79.